The van der Waals surface area contributed by atoms with Crippen LogP contribution in [0.4, 0.5) is 0 Å². The van der Waals surface area contributed by atoms with E-state index in [1.165, 1.54) is 5.56 Å². The lowest BCUT2D eigenvalue weighted by atomic mass is 9.99. The molecule has 5 heteroatoms. The molecule has 1 saturated heterocycles. The molecule has 0 aliphatic carbocycles. The van der Waals surface area contributed by atoms with Crippen LogP contribution in [-0.4, -0.2) is 42.4 Å². The molecule has 0 N–H and O–H groups in total. The molecule has 0 saturated carbocycles. The third-order valence-electron chi connectivity index (χ3n) is 4.60. The van der Waals surface area contributed by atoms with Gasteiger partial charge in [0, 0.05) is 25.8 Å². The van der Waals surface area contributed by atoms with Crippen molar-refractivity contribution in [3.63, 3.8) is 0 Å². The second-order valence-electron chi connectivity index (χ2n) is 5.98. The van der Waals surface area contributed by atoms with Crippen LogP contribution in [0.3, 0.4) is 0 Å². The Morgan fingerprint density at radius 2 is 2.13 bits per heavy atom. The molecule has 1 amide bonds. The molecule has 1 atom stereocenters. The Hall–Kier alpha value is -1.51. The maximum absolute atomic E-state index is 13.2. The standard InChI is InChI=1S/C18H22N2O2S/c19-9-3-10-20(15-6-11-22-12-7-15)18(21)17-16-5-2-1-4-14(16)8-13-23-17/h1-2,4-5,15,17H,3,6-8,10-13H2. The van der Waals surface area contributed by atoms with Crippen molar-refractivity contribution in [1.82, 2.24) is 4.90 Å². The van der Waals surface area contributed by atoms with E-state index in [1.807, 2.05) is 17.0 Å². The molecule has 0 radical (unpaired) electrons. The predicted octanol–water partition coefficient (Wildman–Crippen LogP) is 2.94. The third-order valence-corrected chi connectivity index (χ3v) is 5.83. The van der Waals surface area contributed by atoms with Gasteiger partial charge in [0.15, 0.2) is 0 Å². The number of nitriles is 1. The van der Waals surface area contributed by atoms with Gasteiger partial charge in [0.25, 0.3) is 0 Å². The van der Waals surface area contributed by atoms with Gasteiger partial charge in [-0.1, -0.05) is 24.3 Å². The van der Waals surface area contributed by atoms with E-state index in [0.717, 1.165) is 30.6 Å². The fraction of sp³-hybridized carbons (Fsp3) is 0.556. The van der Waals surface area contributed by atoms with Crippen molar-refractivity contribution in [2.24, 2.45) is 0 Å². The zero-order valence-electron chi connectivity index (χ0n) is 13.2. The average molecular weight is 330 g/mol. The molecule has 0 bridgehead atoms. The highest BCUT2D eigenvalue weighted by Gasteiger charge is 2.34. The second kappa shape index (κ2) is 7.85. The van der Waals surface area contributed by atoms with Crippen molar-refractivity contribution in [1.29, 1.82) is 5.26 Å². The Balaban J connectivity index is 1.81. The molecule has 1 aromatic carbocycles. The van der Waals surface area contributed by atoms with Crippen LogP contribution < -0.4 is 0 Å². The highest BCUT2D eigenvalue weighted by molar-refractivity contribution is 8.00. The van der Waals surface area contributed by atoms with Crippen molar-refractivity contribution in [3.8, 4) is 6.07 Å². The Bertz CT molecular complexity index is 593. The Morgan fingerprint density at radius 3 is 2.91 bits per heavy atom. The van der Waals surface area contributed by atoms with Gasteiger partial charge in [-0.15, -0.1) is 11.8 Å². The molecular weight excluding hydrogens is 308 g/mol. The predicted molar refractivity (Wildman–Crippen MR) is 91.1 cm³/mol. The summed E-state index contributed by atoms with van der Waals surface area (Å²) in [5.41, 5.74) is 2.44. The van der Waals surface area contributed by atoms with Gasteiger partial charge in [-0.05, 0) is 36.1 Å². The molecule has 0 spiro atoms. The quantitative estimate of drug-likeness (QED) is 0.852. The minimum Gasteiger partial charge on any atom is -0.381 e. The lowest BCUT2D eigenvalue weighted by molar-refractivity contribution is -0.134. The summed E-state index contributed by atoms with van der Waals surface area (Å²) < 4.78 is 5.43. The van der Waals surface area contributed by atoms with Crippen molar-refractivity contribution < 1.29 is 9.53 Å². The number of hydrogen-bond acceptors (Lipinski definition) is 4. The number of amides is 1. The Labute approximate surface area is 141 Å². The van der Waals surface area contributed by atoms with Crippen LogP contribution in [0.25, 0.3) is 0 Å². The lowest BCUT2D eigenvalue weighted by Gasteiger charge is -2.37. The van der Waals surface area contributed by atoms with E-state index in [0.29, 0.717) is 26.2 Å². The van der Waals surface area contributed by atoms with E-state index < -0.39 is 0 Å². The topological polar surface area (TPSA) is 53.3 Å². The van der Waals surface area contributed by atoms with Gasteiger partial charge < -0.3 is 9.64 Å². The molecule has 1 unspecified atom stereocenters. The average Bonchev–Trinajstić information content (AvgIpc) is 2.62. The van der Waals surface area contributed by atoms with Crippen LogP contribution in [0.1, 0.15) is 35.6 Å². The number of hydrogen-bond donors (Lipinski definition) is 0. The lowest BCUT2D eigenvalue weighted by Crippen LogP contribution is -2.46. The number of nitrogens with zero attached hydrogens (tertiary/aromatic N) is 2. The number of ether oxygens (including phenoxy) is 1. The van der Waals surface area contributed by atoms with E-state index in [9.17, 15) is 4.79 Å². The molecule has 1 aromatic rings. The van der Waals surface area contributed by atoms with Crippen molar-refractivity contribution in [2.45, 2.75) is 37.0 Å². The summed E-state index contributed by atoms with van der Waals surface area (Å²) in [7, 11) is 0. The summed E-state index contributed by atoms with van der Waals surface area (Å²) >= 11 is 1.73. The highest BCUT2D eigenvalue weighted by Crippen LogP contribution is 2.38. The van der Waals surface area contributed by atoms with Crippen LogP contribution in [-0.2, 0) is 16.0 Å². The van der Waals surface area contributed by atoms with Crippen molar-refractivity contribution in [3.05, 3.63) is 35.4 Å². The van der Waals surface area contributed by atoms with E-state index in [4.69, 9.17) is 10.00 Å². The first kappa shape index (κ1) is 16.4. The molecule has 3 rings (SSSR count). The van der Waals surface area contributed by atoms with Gasteiger partial charge >= 0.3 is 0 Å². The molecule has 2 aliphatic heterocycles. The van der Waals surface area contributed by atoms with E-state index in [1.54, 1.807) is 11.8 Å². The Kier molecular flexibility index (Phi) is 5.58. The summed E-state index contributed by atoms with van der Waals surface area (Å²) in [6, 6.07) is 10.7. The van der Waals surface area contributed by atoms with Crippen LogP contribution in [0, 0.1) is 11.3 Å². The molecule has 2 aliphatic rings. The summed E-state index contributed by atoms with van der Waals surface area (Å²) in [4.78, 5) is 15.2. The first-order valence-corrected chi connectivity index (χ1v) is 9.30. The number of thioether (sulfide) groups is 1. The smallest absolute Gasteiger partial charge is 0.240 e. The molecular formula is C18H22N2O2S. The minimum absolute atomic E-state index is 0.124. The van der Waals surface area contributed by atoms with Crippen LogP contribution in [0.2, 0.25) is 0 Å². The van der Waals surface area contributed by atoms with Crippen molar-refractivity contribution in [2.75, 3.05) is 25.5 Å². The molecule has 4 nitrogen and oxygen atoms in total. The fourth-order valence-electron chi connectivity index (χ4n) is 3.39. The first-order valence-electron chi connectivity index (χ1n) is 8.26. The van der Waals surface area contributed by atoms with Gasteiger partial charge in [-0.2, -0.15) is 5.26 Å². The molecule has 122 valence electrons. The number of rotatable bonds is 4. The van der Waals surface area contributed by atoms with Crippen LogP contribution >= 0.6 is 11.8 Å². The largest absolute Gasteiger partial charge is 0.381 e. The highest BCUT2D eigenvalue weighted by atomic mass is 32.2. The van der Waals surface area contributed by atoms with Gasteiger partial charge in [-0.3, -0.25) is 4.79 Å². The summed E-state index contributed by atoms with van der Waals surface area (Å²) in [5.74, 6) is 1.15. The monoisotopic (exact) mass is 330 g/mol. The molecule has 23 heavy (non-hydrogen) atoms. The first-order chi connectivity index (χ1) is 11.3. The van der Waals surface area contributed by atoms with E-state index in [-0.39, 0.29) is 17.2 Å². The second-order valence-corrected chi connectivity index (χ2v) is 7.20. The number of fused-ring (bicyclic) bond motifs is 1. The summed E-state index contributed by atoms with van der Waals surface area (Å²) in [6.45, 7) is 1.93. The molecule has 0 aromatic heterocycles. The van der Waals surface area contributed by atoms with Crippen molar-refractivity contribution >= 4 is 17.7 Å². The number of benzene rings is 1. The summed E-state index contributed by atoms with van der Waals surface area (Å²) in [6.07, 6.45) is 3.16. The maximum atomic E-state index is 13.2. The van der Waals surface area contributed by atoms with E-state index in [2.05, 4.69) is 18.2 Å². The molecule has 1 fully saturated rings. The van der Waals surface area contributed by atoms with Gasteiger partial charge in [-0.25, -0.2) is 0 Å². The van der Waals surface area contributed by atoms with E-state index >= 15 is 0 Å². The maximum Gasteiger partial charge on any atom is 0.240 e. The number of aryl methyl sites for hydroxylation is 1. The SMILES string of the molecule is N#CCCN(C(=O)C1SCCc2ccccc21)C1CCOCC1. The minimum atomic E-state index is -0.124. The van der Waals surface area contributed by atoms with Crippen LogP contribution in [0.5, 0.6) is 0 Å². The number of carbonyl (C=O) groups excluding carboxylic acids is 1. The fourth-order valence-corrected chi connectivity index (χ4v) is 4.65. The zero-order chi connectivity index (χ0) is 16.1. The summed E-state index contributed by atoms with van der Waals surface area (Å²) in [5, 5.41) is 8.82. The van der Waals surface area contributed by atoms with Crippen LogP contribution in [0.15, 0.2) is 24.3 Å². The molecule has 2 heterocycles. The van der Waals surface area contributed by atoms with Gasteiger partial charge in [0.1, 0.15) is 5.25 Å². The number of carbonyl (C=O) groups is 1. The third kappa shape index (κ3) is 3.70. The Morgan fingerprint density at radius 1 is 1.35 bits per heavy atom. The normalized spacial score (nSPS) is 21.3. The van der Waals surface area contributed by atoms with Gasteiger partial charge in [0.05, 0.1) is 12.5 Å². The zero-order valence-corrected chi connectivity index (χ0v) is 14.1. The van der Waals surface area contributed by atoms with Gasteiger partial charge in [0.2, 0.25) is 5.91 Å².